The van der Waals surface area contributed by atoms with Crippen molar-refractivity contribution in [2.75, 3.05) is 19.9 Å². The molecule has 20 heavy (non-hydrogen) atoms. The fourth-order valence-corrected chi connectivity index (χ4v) is 2.88. The molecule has 0 atom stereocenters. The lowest BCUT2D eigenvalue weighted by atomic mass is 10.3. The highest BCUT2D eigenvalue weighted by atomic mass is 32.2. The summed E-state index contributed by atoms with van der Waals surface area (Å²) in [4.78, 5) is 3.92. The van der Waals surface area contributed by atoms with Gasteiger partial charge in [0.1, 0.15) is 22.8 Å². The molecule has 0 bridgehead atoms. The fourth-order valence-electron chi connectivity index (χ4n) is 1.66. The van der Waals surface area contributed by atoms with Crippen LogP contribution in [-0.2, 0) is 16.6 Å². The molecule has 9 heteroatoms. The van der Waals surface area contributed by atoms with E-state index >= 15 is 0 Å². The van der Waals surface area contributed by atoms with E-state index in [-0.39, 0.29) is 17.1 Å². The van der Waals surface area contributed by atoms with E-state index < -0.39 is 10.0 Å². The molecule has 0 saturated carbocycles. The first kappa shape index (κ1) is 14.3. The van der Waals surface area contributed by atoms with Gasteiger partial charge in [0.25, 0.3) is 0 Å². The van der Waals surface area contributed by atoms with Crippen molar-refractivity contribution in [2.45, 2.75) is 11.4 Å². The predicted octanol–water partition coefficient (Wildman–Crippen LogP) is 0.216. The number of anilines is 1. The Morgan fingerprint density at radius 2 is 2.20 bits per heavy atom. The lowest BCUT2D eigenvalue weighted by Crippen LogP contribution is -2.27. The average Bonchev–Trinajstić information content (AvgIpc) is 2.91. The van der Waals surface area contributed by atoms with E-state index in [1.807, 2.05) is 0 Å². The SMILES string of the molecule is COc1ccc(S(=O)(=O)N(C)Cc2ncn[nH]2)c(N)c1. The number of hydrogen-bond donors (Lipinski definition) is 2. The molecule has 0 unspecified atom stereocenters. The first-order valence-electron chi connectivity index (χ1n) is 5.69. The molecular formula is C11H15N5O3S. The number of hydrogen-bond acceptors (Lipinski definition) is 6. The van der Waals surface area contributed by atoms with E-state index in [0.717, 1.165) is 4.31 Å². The molecule has 0 fully saturated rings. The Kier molecular flexibility index (Phi) is 3.91. The standard InChI is InChI=1S/C11H15N5O3S/c1-16(6-11-13-7-14-15-11)20(17,18)10-4-3-8(19-2)5-9(10)12/h3-5,7H,6,12H2,1-2H3,(H,13,14,15). The van der Waals surface area contributed by atoms with Gasteiger partial charge >= 0.3 is 0 Å². The van der Waals surface area contributed by atoms with E-state index in [0.29, 0.717) is 11.6 Å². The van der Waals surface area contributed by atoms with Crippen molar-refractivity contribution in [1.29, 1.82) is 0 Å². The molecule has 0 aliphatic carbocycles. The first-order chi connectivity index (χ1) is 9.45. The zero-order chi connectivity index (χ0) is 14.8. The van der Waals surface area contributed by atoms with E-state index in [4.69, 9.17) is 10.5 Å². The predicted molar refractivity (Wildman–Crippen MR) is 72.4 cm³/mol. The number of ether oxygens (including phenoxy) is 1. The summed E-state index contributed by atoms with van der Waals surface area (Å²) >= 11 is 0. The topological polar surface area (TPSA) is 114 Å². The molecule has 0 saturated heterocycles. The van der Waals surface area contributed by atoms with Gasteiger partial charge < -0.3 is 10.5 Å². The second-order valence-corrected chi connectivity index (χ2v) is 6.11. The highest BCUT2D eigenvalue weighted by Crippen LogP contribution is 2.26. The summed E-state index contributed by atoms with van der Waals surface area (Å²) in [6.07, 6.45) is 1.32. The normalized spacial score (nSPS) is 11.8. The molecule has 2 rings (SSSR count). The Hall–Kier alpha value is -2.13. The average molecular weight is 297 g/mol. The van der Waals surface area contributed by atoms with Crippen molar-refractivity contribution < 1.29 is 13.2 Å². The molecule has 108 valence electrons. The van der Waals surface area contributed by atoms with Gasteiger partial charge in [-0.15, -0.1) is 0 Å². The molecule has 0 aliphatic rings. The third-order valence-corrected chi connectivity index (χ3v) is 4.62. The number of nitrogens with two attached hydrogens (primary N) is 1. The minimum Gasteiger partial charge on any atom is -0.497 e. The van der Waals surface area contributed by atoms with Crippen LogP contribution in [0.15, 0.2) is 29.4 Å². The van der Waals surface area contributed by atoms with Gasteiger partial charge in [-0.3, -0.25) is 5.10 Å². The van der Waals surface area contributed by atoms with Crippen molar-refractivity contribution in [3.8, 4) is 5.75 Å². The van der Waals surface area contributed by atoms with E-state index in [9.17, 15) is 8.42 Å². The number of aromatic nitrogens is 3. The number of rotatable bonds is 5. The Morgan fingerprint density at radius 3 is 2.75 bits per heavy atom. The van der Waals surface area contributed by atoms with Crippen LogP contribution in [-0.4, -0.2) is 42.1 Å². The summed E-state index contributed by atoms with van der Waals surface area (Å²) in [5.41, 5.74) is 5.91. The number of nitrogens with zero attached hydrogens (tertiary/aromatic N) is 3. The highest BCUT2D eigenvalue weighted by Gasteiger charge is 2.24. The van der Waals surface area contributed by atoms with E-state index in [1.54, 1.807) is 6.07 Å². The third kappa shape index (κ3) is 2.73. The van der Waals surface area contributed by atoms with Gasteiger partial charge in [-0.2, -0.15) is 9.40 Å². The second-order valence-electron chi connectivity index (χ2n) is 4.10. The summed E-state index contributed by atoms with van der Waals surface area (Å²) in [5, 5.41) is 6.28. The number of aromatic amines is 1. The fraction of sp³-hybridized carbons (Fsp3) is 0.273. The Bertz CT molecular complexity index is 684. The van der Waals surface area contributed by atoms with Gasteiger partial charge in [0.15, 0.2) is 0 Å². The van der Waals surface area contributed by atoms with Crippen LogP contribution in [0.4, 0.5) is 5.69 Å². The van der Waals surface area contributed by atoms with Crippen molar-refractivity contribution in [3.05, 3.63) is 30.4 Å². The second kappa shape index (κ2) is 5.47. The van der Waals surface area contributed by atoms with Crippen LogP contribution in [0.2, 0.25) is 0 Å². The van der Waals surface area contributed by atoms with Gasteiger partial charge in [0, 0.05) is 13.1 Å². The van der Waals surface area contributed by atoms with Crippen LogP contribution in [0, 0.1) is 0 Å². The van der Waals surface area contributed by atoms with Crippen molar-refractivity contribution in [1.82, 2.24) is 19.5 Å². The molecular weight excluding hydrogens is 282 g/mol. The lowest BCUT2D eigenvalue weighted by molar-refractivity contribution is 0.414. The minimum absolute atomic E-state index is 0.0281. The van der Waals surface area contributed by atoms with Crippen molar-refractivity contribution >= 4 is 15.7 Å². The van der Waals surface area contributed by atoms with Crippen LogP contribution in [0.5, 0.6) is 5.75 Å². The quantitative estimate of drug-likeness (QED) is 0.763. The molecule has 0 radical (unpaired) electrons. The molecule has 0 amide bonds. The van der Waals surface area contributed by atoms with E-state index in [1.165, 1.54) is 32.6 Å². The number of sulfonamides is 1. The molecule has 2 aromatic rings. The third-order valence-electron chi connectivity index (χ3n) is 2.74. The number of nitrogens with one attached hydrogen (secondary N) is 1. The monoisotopic (exact) mass is 297 g/mol. The molecule has 1 aromatic heterocycles. The lowest BCUT2D eigenvalue weighted by Gasteiger charge is -2.17. The van der Waals surface area contributed by atoms with E-state index in [2.05, 4.69) is 15.2 Å². The molecule has 8 nitrogen and oxygen atoms in total. The Balaban J connectivity index is 2.30. The van der Waals surface area contributed by atoms with Gasteiger partial charge in [0.05, 0.1) is 19.3 Å². The first-order valence-corrected chi connectivity index (χ1v) is 7.13. The number of nitrogen functional groups attached to an aromatic ring is 1. The smallest absolute Gasteiger partial charge is 0.245 e. The summed E-state index contributed by atoms with van der Waals surface area (Å²) in [6.45, 7) is 0.0772. The minimum atomic E-state index is -3.71. The van der Waals surface area contributed by atoms with Crippen molar-refractivity contribution in [3.63, 3.8) is 0 Å². The number of benzene rings is 1. The number of H-pyrrole nitrogens is 1. The van der Waals surface area contributed by atoms with Crippen molar-refractivity contribution in [2.24, 2.45) is 0 Å². The molecule has 3 N–H and O–H groups in total. The zero-order valence-electron chi connectivity index (χ0n) is 11.1. The molecule has 0 aliphatic heterocycles. The highest BCUT2D eigenvalue weighted by molar-refractivity contribution is 7.89. The molecule has 1 aromatic carbocycles. The zero-order valence-corrected chi connectivity index (χ0v) is 11.9. The van der Waals surface area contributed by atoms with Crippen LogP contribution < -0.4 is 10.5 Å². The Labute approximate surface area is 116 Å². The van der Waals surface area contributed by atoms with Crippen LogP contribution in [0.25, 0.3) is 0 Å². The van der Waals surface area contributed by atoms with Gasteiger partial charge in [-0.05, 0) is 12.1 Å². The summed E-state index contributed by atoms with van der Waals surface area (Å²) < 4.78 is 31.0. The van der Waals surface area contributed by atoms with Crippen LogP contribution in [0.3, 0.4) is 0 Å². The summed E-state index contributed by atoms with van der Waals surface area (Å²) in [5.74, 6) is 0.947. The molecule has 0 spiro atoms. The van der Waals surface area contributed by atoms with Crippen LogP contribution in [0.1, 0.15) is 5.82 Å². The number of methoxy groups -OCH3 is 1. The maximum Gasteiger partial charge on any atom is 0.245 e. The Morgan fingerprint density at radius 1 is 1.45 bits per heavy atom. The summed E-state index contributed by atoms with van der Waals surface area (Å²) in [7, 11) is -0.775. The van der Waals surface area contributed by atoms with Gasteiger partial charge in [0.2, 0.25) is 10.0 Å². The molecule has 1 heterocycles. The maximum atomic E-state index is 12.4. The van der Waals surface area contributed by atoms with Gasteiger partial charge in [-0.25, -0.2) is 13.4 Å². The van der Waals surface area contributed by atoms with Crippen LogP contribution >= 0.6 is 0 Å². The summed E-state index contributed by atoms with van der Waals surface area (Å²) in [6, 6.07) is 4.43. The maximum absolute atomic E-state index is 12.4. The largest absolute Gasteiger partial charge is 0.497 e. The van der Waals surface area contributed by atoms with Gasteiger partial charge in [-0.1, -0.05) is 0 Å².